The van der Waals surface area contributed by atoms with Gasteiger partial charge in [0.25, 0.3) is 0 Å². The number of allylic oxidation sites excluding steroid dienone is 3. The second-order valence-electron chi connectivity index (χ2n) is 9.09. The first-order chi connectivity index (χ1) is 17.0. The van der Waals surface area contributed by atoms with Crippen molar-refractivity contribution in [2.45, 2.75) is 56.5 Å². The van der Waals surface area contributed by atoms with Crippen molar-refractivity contribution in [2.75, 3.05) is 40.2 Å². The fourth-order valence-electron chi connectivity index (χ4n) is 4.77. The quantitative estimate of drug-likeness (QED) is 0.143. The number of urea groups is 1. The predicted octanol–water partition coefficient (Wildman–Crippen LogP) is 5.65. The minimum Gasteiger partial charge on any atom is -0.501 e. The lowest BCUT2D eigenvalue weighted by Crippen LogP contribution is -2.41. The maximum atomic E-state index is 13.8. The summed E-state index contributed by atoms with van der Waals surface area (Å²) in [4.78, 5) is 17.9. The molecule has 2 aliphatic rings. The van der Waals surface area contributed by atoms with Crippen molar-refractivity contribution in [3.8, 4) is 5.75 Å². The van der Waals surface area contributed by atoms with Crippen molar-refractivity contribution < 1.29 is 19.0 Å². The van der Waals surface area contributed by atoms with Crippen molar-refractivity contribution in [1.29, 1.82) is 0 Å². The SMILES string of the molecule is C=C/C(=C\C=C(/C)OC)CN1C(=O)N(Cc2ccc(OC)cc2)C2CS[C@@H](CCCCCOC)C21. The summed E-state index contributed by atoms with van der Waals surface area (Å²) in [6.45, 7) is 7.89. The highest BCUT2D eigenvalue weighted by Gasteiger charge is 2.52. The van der Waals surface area contributed by atoms with Crippen LogP contribution in [0.25, 0.3) is 0 Å². The van der Waals surface area contributed by atoms with Gasteiger partial charge in [-0.1, -0.05) is 43.7 Å². The third kappa shape index (κ3) is 7.07. The van der Waals surface area contributed by atoms with Crippen molar-refractivity contribution >= 4 is 17.8 Å². The van der Waals surface area contributed by atoms with E-state index in [1.807, 2.05) is 61.2 Å². The van der Waals surface area contributed by atoms with E-state index >= 15 is 0 Å². The molecule has 0 spiro atoms. The molecule has 2 unspecified atom stereocenters. The van der Waals surface area contributed by atoms with Crippen molar-refractivity contribution in [3.63, 3.8) is 0 Å². The second-order valence-corrected chi connectivity index (χ2v) is 10.4. The second kappa shape index (κ2) is 13.6. The van der Waals surface area contributed by atoms with Crippen LogP contribution in [0.1, 0.15) is 38.2 Å². The van der Waals surface area contributed by atoms with Crippen LogP contribution in [0.3, 0.4) is 0 Å². The molecule has 2 saturated heterocycles. The van der Waals surface area contributed by atoms with E-state index in [1.54, 1.807) is 21.3 Å². The maximum absolute atomic E-state index is 13.8. The molecule has 2 heterocycles. The van der Waals surface area contributed by atoms with E-state index in [2.05, 4.69) is 16.4 Å². The van der Waals surface area contributed by atoms with E-state index in [0.717, 1.165) is 60.7 Å². The number of carbonyl (C=O) groups is 1. The lowest BCUT2D eigenvalue weighted by Gasteiger charge is -2.27. The van der Waals surface area contributed by atoms with Gasteiger partial charge in [0.1, 0.15) is 5.75 Å². The molecule has 0 saturated carbocycles. The first-order valence-electron chi connectivity index (χ1n) is 12.4. The molecule has 7 heteroatoms. The highest BCUT2D eigenvalue weighted by atomic mass is 32.2. The van der Waals surface area contributed by atoms with Gasteiger partial charge in [0.2, 0.25) is 0 Å². The van der Waals surface area contributed by atoms with Crippen LogP contribution >= 0.6 is 11.8 Å². The number of rotatable bonds is 14. The number of carbonyl (C=O) groups excluding carboxylic acids is 1. The van der Waals surface area contributed by atoms with E-state index in [0.29, 0.717) is 18.3 Å². The van der Waals surface area contributed by atoms with Gasteiger partial charge in [0, 0.05) is 37.8 Å². The zero-order valence-electron chi connectivity index (χ0n) is 21.6. The van der Waals surface area contributed by atoms with Crippen LogP contribution in [0.15, 0.2) is 60.4 Å². The molecule has 2 amide bonds. The minimum absolute atomic E-state index is 0.112. The number of fused-ring (bicyclic) bond motifs is 1. The molecule has 0 aliphatic carbocycles. The summed E-state index contributed by atoms with van der Waals surface area (Å²) in [6, 6.07) is 8.53. The topological polar surface area (TPSA) is 51.2 Å². The number of hydrogen-bond donors (Lipinski definition) is 0. The van der Waals surface area contributed by atoms with Gasteiger partial charge in [-0.2, -0.15) is 11.8 Å². The summed E-state index contributed by atoms with van der Waals surface area (Å²) in [5.74, 6) is 2.62. The van der Waals surface area contributed by atoms with Crippen molar-refractivity contribution in [2.24, 2.45) is 0 Å². The lowest BCUT2D eigenvalue weighted by atomic mass is 10.0. The summed E-state index contributed by atoms with van der Waals surface area (Å²) in [6.07, 6.45) is 10.3. The number of amides is 2. The van der Waals surface area contributed by atoms with E-state index in [-0.39, 0.29) is 18.1 Å². The first-order valence-corrected chi connectivity index (χ1v) is 13.4. The summed E-state index contributed by atoms with van der Waals surface area (Å²) in [5.41, 5.74) is 2.13. The van der Waals surface area contributed by atoms with Gasteiger partial charge in [0.15, 0.2) is 0 Å². The number of methoxy groups -OCH3 is 3. The minimum atomic E-state index is 0.112. The van der Waals surface area contributed by atoms with Crippen molar-refractivity contribution in [1.82, 2.24) is 9.80 Å². The number of benzene rings is 1. The molecule has 1 aromatic rings. The van der Waals surface area contributed by atoms with Crippen LogP contribution in [-0.2, 0) is 16.0 Å². The molecule has 6 nitrogen and oxygen atoms in total. The standard InChI is InChI=1S/C28H40N2O4S/c1-6-22(12-11-21(2)33-4)18-30-27-25(20-35-26(27)10-8-7-9-17-32-3)29(28(30)31)19-23-13-15-24(34-5)16-14-23/h6,11-16,25-27H,1,7-10,17-20H2,2-5H3/b21-11+,22-12+/t25?,26-,27?/m0/s1. The predicted molar refractivity (Wildman–Crippen MR) is 144 cm³/mol. The average molecular weight is 501 g/mol. The van der Waals surface area contributed by atoms with Gasteiger partial charge in [-0.25, -0.2) is 4.79 Å². The summed E-state index contributed by atoms with van der Waals surface area (Å²) in [5, 5.41) is 0.440. The largest absolute Gasteiger partial charge is 0.501 e. The van der Waals surface area contributed by atoms with Gasteiger partial charge in [-0.15, -0.1) is 0 Å². The zero-order chi connectivity index (χ0) is 25.2. The fraction of sp³-hybridized carbons (Fsp3) is 0.536. The van der Waals surface area contributed by atoms with E-state index in [1.165, 1.54) is 0 Å². The average Bonchev–Trinajstić information content (AvgIpc) is 3.40. The molecular formula is C28H40N2O4S. The summed E-state index contributed by atoms with van der Waals surface area (Å²) >= 11 is 2.02. The summed E-state index contributed by atoms with van der Waals surface area (Å²) < 4.78 is 15.8. The Morgan fingerprint density at radius 1 is 1.11 bits per heavy atom. The molecule has 0 bridgehead atoms. The fourth-order valence-corrected chi connectivity index (χ4v) is 6.45. The molecule has 0 radical (unpaired) electrons. The molecule has 192 valence electrons. The zero-order valence-corrected chi connectivity index (χ0v) is 22.4. The number of ether oxygens (including phenoxy) is 3. The Bertz CT molecular complexity index is 899. The van der Waals surface area contributed by atoms with E-state index in [4.69, 9.17) is 14.2 Å². The molecule has 2 aliphatic heterocycles. The Balaban J connectivity index is 1.79. The molecule has 2 fully saturated rings. The summed E-state index contributed by atoms with van der Waals surface area (Å²) in [7, 11) is 5.08. The molecule has 3 atom stereocenters. The number of nitrogens with zero attached hydrogens (tertiary/aromatic N) is 2. The molecule has 1 aromatic carbocycles. The molecular weight excluding hydrogens is 460 g/mol. The third-order valence-corrected chi connectivity index (χ3v) is 8.30. The first kappa shape index (κ1) is 27.2. The Labute approximate surface area is 215 Å². The van der Waals surface area contributed by atoms with Gasteiger partial charge in [-0.05, 0) is 49.1 Å². The molecule has 35 heavy (non-hydrogen) atoms. The highest BCUT2D eigenvalue weighted by molar-refractivity contribution is 8.00. The molecule has 0 aromatic heterocycles. The Morgan fingerprint density at radius 2 is 1.89 bits per heavy atom. The maximum Gasteiger partial charge on any atom is 0.321 e. The van der Waals surface area contributed by atoms with Crippen LogP contribution < -0.4 is 4.74 Å². The van der Waals surface area contributed by atoms with Crippen LogP contribution in [-0.4, -0.2) is 73.4 Å². The van der Waals surface area contributed by atoms with Gasteiger partial charge < -0.3 is 24.0 Å². The van der Waals surface area contributed by atoms with E-state index < -0.39 is 0 Å². The highest BCUT2D eigenvalue weighted by Crippen LogP contribution is 2.42. The van der Waals surface area contributed by atoms with Crippen LogP contribution in [0.2, 0.25) is 0 Å². The Kier molecular flexibility index (Phi) is 10.6. The number of thioether (sulfide) groups is 1. The molecule has 3 rings (SSSR count). The Hall–Kier alpha value is -2.38. The van der Waals surface area contributed by atoms with Crippen molar-refractivity contribution in [3.05, 3.63) is 66.0 Å². The normalized spacial score (nSPS) is 22.5. The third-order valence-electron chi connectivity index (χ3n) is 6.83. The van der Waals surface area contributed by atoms with Crippen LogP contribution in [0.5, 0.6) is 5.75 Å². The monoisotopic (exact) mass is 500 g/mol. The van der Waals surface area contributed by atoms with Gasteiger partial charge in [-0.3, -0.25) is 0 Å². The Morgan fingerprint density at radius 3 is 2.54 bits per heavy atom. The lowest BCUT2D eigenvalue weighted by molar-refractivity contribution is 0.185. The number of hydrogen-bond acceptors (Lipinski definition) is 5. The van der Waals surface area contributed by atoms with Gasteiger partial charge in [0.05, 0.1) is 32.1 Å². The van der Waals surface area contributed by atoms with Gasteiger partial charge >= 0.3 is 6.03 Å². The van der Waals surface area contributed by atoms with Crippen LogP contribution in [0.4, 0.5) is 4.79 Å². The smallest absolute Gasteiger partial charge is 0.321 e. The number of unbranched alkanes of at least 4 members (excludes halogenated alkanes) is 2. The molecule has 0 N–H and O–H groups in total. The van der Waals surface area contributed by atoms with E-state index in [9.17, 15) is 4.79 Å². The van der Waals surface area contributed by atoms with Crippen LogP contribution in [0, 0.1) is 0 Å².